The first-order chi connectivity index (χ1) is 5.24. The Kier molecular flexibility index (Phi) is 3.34. The van der Waals surface area contributed by atoms with Crippen LogP contribution >= 0.6 is 27.5 Å². The molecule has 0 saturated carbocycles. The number of hydrogen-bond acceptors (Lipinski definition) is 1. The molecule has 0 amide bonds. The molecular formula is C8H9BrClN. The van der Waals surface area contributed by atoms with Crippen LogP contribution in [0, 0.1) is 0 Å². The lowest BCUT2D eigenvalue weighted by Crippen LogP contribution is -1.91. The highest BCUT2D eigenvalue weighted by atomic mass is 79.9. The second-order valence-corrected chi connectivity index (χ2v) is 3.75. The molecule has 0 aliphatic rings. The lowest BCUT2D eigenvalue weighted by molar-refractivity contribution is 0.873. The number of alkyl halides is 1. The first-order valence-electron chi connectivity index (χ1n) is 3.50. The van der Waals surface area contributed by atoms with Crippen LogP contribution in [-0.2, 0) is 0 Å². The van der Waals surface area contributed by atoms with Gasteiger partial charge in [-0.1, -0.05) is 40.5 Å². The molecule has 0 radical (unpaired) electrons. The van der Waals surface area contributed by atoms with Crippen molar-refractivity contribution in [2.24, 2.45) is 0 Å². The first-order valence-corrected chi connectivity index (χ1v) is 4.80. The van der Waals surface area contributed by atoms with Gasteiger partial charge in [0, 0.05) is 0 Å². The Hall–Kier alpha value is -0.0800. The summed E-state index contributed by atoms with van der Waals surface area (Å²) < 4.78 is 0. The van der Waals surface area contributed by atoms with Crippen LogP contribution in [0.25, 0.3) is 0 Å². The van der Waals surface area contributed by atoms with Gasteiger partial charge in [0.05, 0.1) is 10.5 Å². The van der Waals surface area contributed by atoms with Gasteiger partial charge >= 0.3 is 0 Å². The van der Waals surface area contributed by atoms with Gasteiger partial charge in [0.2, 0.25) is 0 Å². The molecule has 1 heterocycles. The molecule has 1 rings (SSSR count). The number of nitrogens with zero attached hydrogens (tertiary/aromatic N) is 1. The average Bonchev–Trinajstić information content (AvgIpc) is 2.03. The molecule has 0 unspecified atom stereocenters. The molecule has 0 fully saturated rings. The number of aromatic nitrogens is 1. The van der Waals surface area contributed by atoms with Crippen molar-refractivity contribution >= 4 is 27.5 Å². The maximum atomic E-state index is 5.71. The third-order valence-electron chi connectivity index (χ3n) is 1.42. The topological polar surface area (TPSA) is 12.9 Å². The van der Waals surface area contributed by atoms with Crippen molar-refractivity contribution < 1.29 is 0 Å². The summed E-state index contributed by atoms with van der Waals surface area (Å²) >= 11 is 9.21. The Morgan fingerprint density at radius 2 is 2.36 bits per heavy atom. The van der Waals surface area contributed by atoms with Crippen LogP contribution in [-0.4, -0.2) is 4.98 Å². The molecule has 1 aromatic heterocycles. The van der Waals surface area contributed by atoms with Gasteiger partial charge in [-0.15, -0.1) is 0 Å². The molecule has 0 saturated heterocycles. The molecule has 0 aromatic carbocycles. The minimum Gasteiger partial charge on any atom is -0.240 e. The molecular weight excluding hydrogens is 225 g/mol. The van der Waals surface area contributed by atoms with Crippen molar-refractivity contribution in [3.05, 3.63) is 29.0 Å². The monoisotopic (exact) mass is 233 g/mol. The summed E-state index contributed by atoms with van der Waals surface area (Å²) in [5.41, 5.74) is 1.00. The van der Waals surface area contributed by atoms with Gasteiger partial charge < -0.3 is 0 Å². The zero-order valence-electron chi connectivity index (χ0n) is 6.22. The summed E-state index contributed by atoms with van der Waals surface area (Å²) in [6.45, 7) is 2.10. The average molecular weight is 235 g/mol. The number of pyridine rings is 1. The summed E-state index contributed by atoms with van der Waals surface area (Å²) in [6, 6.07) is 5.66. The first kappa shape index (κ1) is 9.01. The highest BCUT2D eigenvalue weighted by molar-refractivity contribution is 9.09. The van der Waals surface area contributed by atoms with E-state index >= 15 is 0 Å². The predicted octanol–water partition coefficient (Wildman–Crippen LogP) is 3.58. The van der Waals surface area contributed by atoms with Crippen molar-refractivity contribution in [3.8, 4) is 0 Å². The summed E-state index contributed by atoms with van der Waals surface area (Å²) in [5, 5.41) is 0.556. The molecule has 0 N–H and O–H groups in total. The summed E-state index contributed by atoms with van der Waals surface area (Å²) in [5.74, 6) is 0. The van der Waals surface area contributed by atoms with E-state index in [9.17, 15) is 0 Å². The third-order valence-corrected chi connectivity index (χ3v) is 2.74. The highest BCUT2D eigenvalue weighted by Gasteiger charge is 2.05. The molecule has 1 nitrogen and oxygen atoms in total. The van der Waals surface area contributed by atoms with Gasteiger partial charge in [-0.25, -0.2) is 4.98 Å². The van der Waals surface area contributed by atoms with Crippen molar-refractivity contribution in [2.45, 2.75) is 18.2 Å². The Morgan fingerprint density at radius 1 is 1.64 bits per heavy atom. The molecule has 11 heavy (non-hydrogen) atoms. The van der Waals surface area contributed by atoms with Gasteiger partial charge in [-0.2, -0.15) is 0 Å². The molecule has 1 atom stereocenters. The van der Waals surface area contributed by atoms with Crippen molar-refractivity contribution in [2.75, 3.05) is 0 Å². The van der Waals surface area contributed by atoms with Gasteiger partial charge in [0.1, 0.15) is 5.15 Å². The summed E-state index contributed by atoms with van der Waals surface area (Å²) in [6.07, 6.45) is 1.02. The zero-order valence-corrected chi connectivity index (χ0v) is 8.56. The lowest BCUT2D eigenvalue weighted by atomic mass is 10.2. The Morgan fingerprint density at radius 3 is 2.91 bits per heavy atom. The molecule has 0 bridgehead atoms. The minimum absolute atomic E-state index is 0.321. The fraction of sp³-hybridized carbons (Fsp3) is 0.375. The Balaban J connectivity index is 2.86. The highest BCUT2D eigenvalue weighted by Crippen LogP contribution is 2.24. The van der Waals surface area contributed by atoms with E-state index in [0.717, 1.165) is 12.1 Å². The standard InChI is InChI=1S/C8H9BrClN/c1-2-6(9)7-4-3-5-8(10)11-7/h3-6H,2H2,1H3/t6-/m1/s1. The van der Waals surface area contributed by atoms with Crippen molar-refractivity contribution in [1.29, 1.82) is 0 Å². The van der Waals surface area contributed by atoms with E-state index in [1.54, 1.807) is 6.07 Å². The zero-order chi connectivity index (χ0) is 8.27. The molecule has 0 spiro atoms. The maximum Gasteiger partial charge on any atom is 0.129 e. The molecule has 0 aliphatic heterocycles. The van der Waals surface area contributed by atoms with Gasteiger partial charge in [0.25, 0.3) is 0 Å². The fourth-order valence-electron chi connectivity index (χ4n) is 0.808. The Bertz CT molecular complexity index is 239. The second kappa shape index (κ2) is 4.07. The fourth-order valence-corrected chi connectivity index (χ4v) is 1.23. The van der Waals surface area contributed by atoms with E-state index in [0.29, 0.717) is 9.98 Å². The van der Waals surface area contributed by atoms with Crippen LogP contribution in [0.5, 0.6) is 0 Å². The molecule has 0 aliphatic carbocycles. The van der Waals surface area contributed by atoms with E-state index < -0.39 is 0 Å². The van der Waals surface area contributed by atoms with E-state index in [1.807, 2.05) is 12.1 Å². The molecule has 1 aromatic rings. The number of halogens is 2. The van der Waals surface area contributed by atoms with Crippen LogP contribution in [0.2, 0.25) is 5.15 Å². The van der Waals surface area contributed by atoms with Crippen molar-refractivity contribution in [3.63, 3.8) is 0 Å². The van der Waals surface area contributed by atoms with Gasteiger partial charge in [-0.3, -0.25) is 0 Å². The van der Waals surface area contributed by atoms with Crippen LogP contribution in [0.4, 0.5) is 0 Å². The molecule has 60 valence electrons. The lowest BCUT2D eigenvalue weighted by Gasteiger charge is -2.04. The SMILES string of the molecule is CC[C@@H](Br)c1cccc(Cl)n1. The van der Waals surface area contributed by atoms with Crippen LogP contribution in [0.1, 0.15) is 23.9 Å². The Labute approximate surface area is 79.9 Å². The maximum absolute atomic E-state index is 5.71. The second-order valence-electron chi connectivity index (χ2n) is 2.26. The van der Waals surface area contributed by atoms with E-state index in [4.69, 9.17) is 11.6 Å². The smallest absolute Gasteiger partial charge is 0.129 e. The normalized spacial score (nSPS) is 13.0. The van der Waals surface area contributed by atoms with E-state index in [-0.39, 0.29) is 0 Å². The summed E-state index contributed by atoms with van der Waals surface area (Å²) in [7, 11) is 0. The van der Waals surface area contributed by atoms with Gasteiger partial charge in [0.15, 0.2) is 0 Å². The van der Waals surface area contributed by atoms with E-state index in [1.165, 1.54) is 0 Å². The quantitative estimate of drug-likeness (QED) is 0.563. The molecule has 3 heteroatoms. The van der Waals surface area contributed by atoms with Crippen molar-refractivity contribution in [1.82, 2.24) is 4.98 Å². The number of hydrogen-bond donors (Lipinski definition) is 0. The third kappa shape index (κ3) is 2.46. The largest absolute Gasteiger partial charge is 0.240 e. The van der Waals surface area contributed by atoms with Crippen LogP contribution in [0.3, 0.4) is 0 Å². The van der Waals surface area contributed by atoms with Crippen LogP contribution in [0.15, 0.2) is 18.2 Å². The number of rotatable bonds is 2. The van der Waals surface area contributed by atoms with Gasteiger partial charge in [-0.05, 0) is 18.6 Å². The minimum atomic E-state index is 0.321. The predicted molar refractivity (Wildman–Crippen MR) is 51.2 cm³/mol. The van der Waals surface area contributed by atoms with Crippen LogP contribution < -0.4 is 0 Å². The van der Waals surface area contributed by atoms with E-state index in [2.05, 4.69) is 27.8 Å². The summed E-state index contributed by atoms with van der Waals surface area (Å²) in [4.78, 5) is 4.48.